The van der Waals surface area contributed by atoms with E-state index in [4.69, 9.17) is 4.74 Å². The Hall–Kier alpha value is -2.63. The first-order chi connectivity index (χ1) is 12.8. The maximum absolute atomic E-state index is 5.81. The number of rotatable bonds is 11. The molecule has 0 aliphatic rings. The van der Waals surface area contributed by atoms with Crippen LogP contribution in [0.15, 0.2) is 36.8 Å². The number of nitrogens with one attached hydrogen (secondary N) is 2. The Labute approximate surface area is 154 Å². The van der Waals surface area contributed by atoms with Gasteiger partial charge in [0.15, 0.2) is 5.65 Å². The SMILES string of the molecule is CCCCCCCCOc1ccc(CNc2ncc3[nH]cnc3n2)cc1. The first kappa shape index (κ1) is 18.2. The van der Waals surface area contributed by atoms with E-state index < -0.39 is 0 Å². The highest BCUT2D eigenvalue weighted by molar-refractivity contribution is 5.69. The van der Waals surface area contributed by atoms with Crippen LogP contribution in [-0.4, -0.2) is 26.5 Å². The molecule has 3 rings (SSSR count). The minimum atomic E-state index is 0.577. The van der Waals surface area contributed by atoms with E-state index in [1.165, 1.54) is 32.1 Å². The van der Waals surface area contributed by atoms with Crippen molar-refractivity contribution in [2.75, 3.05) is 11.9 Å². The minimum absolute atomic E-state index is 0.577. The molecule has 26 heavy (non-hydrogen) atoms. The van der Waals surface area contributed by atoms with Crippen molar-refractivity contribution in [1.82, 2.24) is 19.9 Å². The van der Waals surface area contributed by atoms with E-state index in [0.29, 0.717) is 18.1 Å². The van der Waals surface area contributed by atoms with Gasteiger partial charge in [-0.2, -0.15) is 4.98 Å². The zero-order valence-electron chi connectivity index (χ0n) is 15.4. The molecular weight excluding hydrogens is 326 g/mol. The molecule has 3 aromatic rings. The van der Waals surface area contributed by atoms with Gasteiger partial charge in [0.2, 0.25) is 5.95 Å². The van der Waals surface area contributed by atoms with Crippen LogP contribution in [0.3, 0.4) is 0 Å². The van der Waals surface area contributed by atoms with Crippen LogP contribution in [0, 0.1) is 0 Å². The summed E-state index contributed by atoms with van der Waals surface area (Å²) >= 11 is 0. The van der Waals surface area contributed by atoms with E-state index >= 15 is 0 Å². The number of aromatic amines is 1. The van der Waals surface area contributed by atoms with Crippen LogP contribution >= 0.6 is 0 Å². The molecule has 2 N–H and O–H groups in total. The van der Waals surface area contributed by atoms with E-state index in [-0.39, 0.29) is 0 Å². The van der Waals surface area contributed by atoms with Crippen molar-refractivity contribution in [2.45, 2.75) is 52.0 Å². The fraction of sp³-hybridized carbons (Fsp3) is 0.450. The van der Waals surface area contributed by atoms with Gasteiger partial charge in [0.25, 0.3) is 0 Å². The van der Waals surface area contributed by atoms with Gasteiger partial charge in [-0.1, -0.05) is 51.2 Å². The third-order valence-corrected chi connectivity index (χ3v) is 4.32. The molecule has 2 aromatic heterocycles. The average Bonchev–Trinajstić information content (AvgIpc) is 3.14. The zero-order chi connectivity index (χ0) is 18.0. The number of hydrogen-bond acceptors (Lipinski definition) is 5. The van der Waals surface area contributed by atoms with Crippen LogP contribution < -0.4 is 10.1 Å². The summed E-state index contributed by atoms with van der Waals surface area (Å²) in [4.78, 5) is 15.7. The summed E-state index contributed by atoms with van der Waals surface area (Å²) in [5.41, 5.74) is 2.66. The topological polar surface area (TPSA) is 75.7 Å². The van der Waals surface area contributed by atoms with Gasteiger partial charge in [0.1, 0.15) is 11.3 Å². The maximum Gasteiger partial charge on any atom is 0.225 e. The third kappa shape index (κ3) is 5.44. The van der Waals surface area contributed by atoms with Crippen LogP contribution in [0.5, 0.6) is 5.75 Å². The fourth-order valence-electron chi connectivity index (χ4n) is 2.78. The van der Waals surface area contributed by atoms with Gasteiger partial charge < -0.3 is 15.0 Å². The van der Waals surface area contributed by atoms with E-state index in [0.717, 1.165) is 29.9 Å². The summed E-state index contributed by atoms with van der Waals surface area (Å²) < 4.78 is 5.81. The molecule has 6 nitrogen and oxygen atoms in total. The lowest BCUT2D eigenvalue weighted by Crippen LogP contribution is -2.03. The molecule has 0 bridgehead atoms. The molecule has 0 aliphatic heterocycles. The number of fused-ring (bicyclic) bond motifs is 1. The summed E-state index contributed by atoms with van der Waals surface area (Å²) in [6.07, 6.45) is 11.0. The molecule has 0 atom stereocenters. The number of imidazole rings is 1. The molecule has 0 radical (unpaired) electrons. The lowest BCUT2D eigenvalue weighted by molar-refractivity contribution is 0.304. The van der Waals surface area contributed by atoms with Gasteiger partial charge in [-0.25, -0.2) is 9.97 Å². The normalized spacial score (nSPS) is 11.0. The molecule has 138 valence electrons. The van der Waals surface area contributed by atoms with Crippen LogP contribution in [0.1, 0.15) is 51.0 Å². The van der Waals surface area contributed by atoms with E-state index in [1.807, 2.05) is 12.1 Å². The molecule has 0 fully saturated rings. The summed E-state index contributed by atoms with van der Waals surface area (Å²) in [6, 6.07) is 8.17. The first-order valence-corrected chi connectivity index (χ1v) is 9.47. The van der Waals surface area contributed by atoms with Crippen LogP contribution in [0.2, 0.25) is 0 Å². The Balaban J connectivity index is 1.38. The van der Waals surface area contributed by atoms with Crippen molar-refractivity contribution in [3.63, 3.8) is 0 Å². The Morgan fingerprint density at radius 3 is 2.65 bits per heavy atom. The van der Waals surface area contributed by atoms with Gasteiger partial charge in [0.05, 0.1) is 19.1 Å². The Kier molecular flexibility index (Phi) is 6.81. The Morgan fingerprint density at radius 2 is 1.81 bits per heavy atom. The van der Waals surface area contributed by atoms with Gasteiger partial charge >= 0.3 is 0 Å². The largest absolute Gasteiger partial charge is 0.494 e. The lowest BCUT2D eigenvalue weighted by atomic mass is 10.1. The van der Waals surface area contributed by atoms with E-state index in [1.54, 1.807) is 12.5 Å². The molecule has 0 amide bonds. The first-order valence-electron chi connectivity index (χ1n) is 9.47. The van der Waals surface area contributed by atoms with Crippen molar-refractivity contribution in [1.29, 1.82) is 0 Å². The predicted molar refractivity (Wildman–Crippen MR) is 104 cm³/mol. The molecule has 0 saturated heterocycles. The zero-order valence-corrected chi connectivity index (χ0v) is 15.4. The third-order valence-electron chi connectivity index (χ3n) is 4.32. The number of H-pyrrole nitrogens is 1. The average molecular weight is 353 g/mol. The summed E-state index contributed by atoms with van der Waals surface area (Å²) in [5, 5.41) is 3.22. The summed E-state index contributed by atoms with van der Waals surface area (Å²) in [5.74, 6) is 1.50. The second-order valence-corrected chi connectivity index (χ2v) is 6.45. The number of benzene rings is 1. The smallest absolute Gasteiger partial charge is 0.225 e. The molecular formula is C20H27N5O. The van der Waals surface area contributed by atoms with Crippen LogP contribution in [-0.2, 0) is 6.54 Å². The standard InChI is InChI=1S/C20H27N5O/c1-2-3-4-5-6-7-12-26-17-10-8-16(9-11-17)13-21-20-22-14-18-19(25-20)24-15-23-18/h8-11,14-15H,2-7,12-13H2,1H3,(H2,21,22,23,24,25). The molecule has 6 heteroatoms. The summed E-state index contributed by atoms with van der Waals surface area (Å²) in [6.45, 7) is 3.70. The van der Waals surface area contributed by atoms with Gasteiger partial charge in [-0.05, 0) is 24.1 Å². The summed E-state index contributed by atoms with van der Waals surface area (Å²) in [7, 11) is 0. The highest BCUT2D eigenvalue weighted by atomic mass is 16.5. The molecule has 0 saturated carbocycles. The Morgan fingerprint density at radius 1 is 1.00 bits per heavy atom. The van der Waals surface area contributed by atoms with Gasteiger partial charge in [0, 0.05) is 6.54 Å². The van der Waals surface area contributed by atoms with Gasteiger partial charge in [-0.15, -0.1) is 0 Å². The van der Waals surface area contributed by atoms with Crippen molar-refractivity contribution in [3.8, 4) is 5.75 Å². The minimum Gasteiger partial charge on any atom is -0.494 e. The molecule has 2 heterocycles. The number of unbranched alkanes of at least 4 members (excludes halogenated alkanes) is 5. The monoisotopic (exact) mass is 353 g/mol. The van der Waals surface area contributed by atoms with Crippen molar-refractivity contribution < 1.29 is 4.74 Å². The van der Waals surface area contributed by atoms with Gasteiger partial charge in [-0.3, -0.25) is 0 Å². The number of nitrogens with zero attached hydrogens (tertiary/aromatic N) is 3. The van der Waals surface area contributed by atoms with Crippen LogP contribution in [0.25, 0.3) is 11.2 Å². The second kappa shape index (κ2) is 9.75. The maximum atomic E-state index is 5.81. The number of anilines is 1. The number of hydrogen-bond donors (Lipinski definition) is 2. The number of aromatic nitrogens is 4. The lowest BCUT2D eigenvalue weighted by Gasteiger charge is -2.08. The van der Waals surface area contributed by atoms with Crippen molar-refractivity contribution in [3.05, 3.63) is 42.4 Å². The van der Waals surface area contributed by atoms with E-state index in [2.05, 4.69) is 44.3 Å². The highest BCUT2D eigenvalue weighted by Gasteiger charge is 2.02. The molecule has 0 unspecified atom stereocenters. The van der Waals surface area contributed by atoms with Crippen LogP contribution in [0.4, 0.5) is 5.95 Å². The van der Waals surface area contributed by atoms with Crippen molar-refractivity contribution >= 4 is 17.1 Å². The fourth-order valence-corrected chi connectivity index (χ4v) is 2.78. The second-order valence-electron chi connectivity index (χ2n) is 6.45. The highest BCUT2D eigenvalue weighted by Crippen LogP contribution is 2.15. The van der Waals surface area contributed by atoms with E-state index in [9.17, 15) is 0 Å². The number of ether oxygens (including phenoxy) is 1. The Bertz CT molecular complexity index is 784. The molecule has 0 spiro atoms. The predicted octanol–water partition coefficient (Wildman–Crippen LogP) is 4.70. The van der Waals surface area contributed by atoms with Crippen molar-refractivity contribution in [2.24, 2.45) is 0 Å². The molecule has 0 aliphatic carbocycles. The molecule has 1 aromatic carbocycles. The quantitative estimate of drug-likeness (QED) is 0.489.